The molecule has 114 valence electrons. The topological polar surface area (TPSA) is 29.3 Å². The number of nitrogens with two attached hydrogens (primary N) is 1. The predicted molar refractivity (Wildman–Crippen MR) is 83.6 cm³/mol. The van der Waals surface area contributed by atoms with E-state index in [1.54, 1.807) is 11.3 Å². The molecule has 1 aromatic carbocycles. The first-order valence-electron chi connectivity index (χ1n) is 6.58. The van der Waals surface area contributed by atoms with Crippen LogP contribution in [-0.4, -0.2) is 18.5 Å². The molecule has 2 rings (SSSR count). The third kappa shape index (κ3) is 5.04. The Balaban J connectivity index is 1.86. The fraction of sp³-hybridized carbons (Fsp3) is 0.333. The molecule has 1 atom stereocenters. The van der Waals surface area contributed by atoms with E-state index >= 15 is 0 Å². The number of halogens is 3. The van der Waals surface area contributed by atoms with Crippen molar-refractivity contribution in [1.82, 2.24) is 4.90 Å². The van der Waals surface area contributed by atoms with Crippen molar-refractivity contribution in [3.63, 3.8) is 0 Å². The van der Waals surface area contributed by atoms with E-state index in [2.05, 4.69) is 4.90 Å². The molecule has 0 radical (unpaired) electrons. The highest BCUT2D eigenvalue weighted by Crippen LogP contribution is 2.23. The second-order valence-electron chi connectivity index (χ2n) is 5.04. The summed E-state index contributed by atoms with van der Waals surface area (Å²) in [5.74, 6) is -1.19. The molecule has 1 heterocycles. The molecule has 1 aromatic heterocycles. The van der Waals surface area contributed by atoms with Crippen molar-refractivity contribution in [2.24, 2.45) is 5.73 Å². The summed E-state index contributed by atoms with van der Waals surface area (Å²) in [5.41, 5.74) is 6.49. The van der Waals surface area contributed by atoms with Crippen molar-refractivity contribution in [1.29, 1.82) is 0 Å². The molecule has 0 saturated carbocycles. The fourth-order valence-corrected chi connectivity index (χ4v) is 3.27. The normalized spacial score (nSPS) is 12.9. The summed E-state index contributed by atoms with van der Waals surface area (Å²) in [4.78, 5) is 3.28. The Morgan fingerprint density at radius 3 is 2.48 bits per heavy atom. The van der Waals surface area contributed by atoms with Crippen LogP contribution in [0.3, 0.4) is 0 Å². The van der Waals surface area contributed by atoms with E-state index in [1.165, 1.54) is 17.0 Å². The quantitative estimate of drug-likeness (QED) is 0.860. The van der Waals surface area contributed by atoms with Gasteiger partial charge in [-0.15, -0.1) is 11.3 Å². The Bertz CT molecular complexity index is 583. The largest absolute Gasteiger partial charge is 0.324 e. The molecule has 0 saturated heterocycles. The van der Waals surface area contributed by atoms with E-state index in [4.69, 9.17) is 17.3 Å². The van der Waals surface area contributed by atoms with Crippen LogP contribution in [0, 0.1) is 11.6 Å². The Kier molecular flexibility index (Phi) is 5.70. The van der Waals surface area contributed by atoms with Crippen LogP contribution in [0.1, 0.15) is 22.9 Å². The third-order valence-corrected chi connectivity index (χ3v) is 4.41. The van der Waals surface area contributed by atoms with Crippen molar-refractivity contribution < 1.29 is 8.78 Å². The van der Waals surface area contributed by atoms with Crippen LogP contribution >= 0.6 is 22.9 Å². The standard InChI is InChI=1S/C15H17ClF2N2S/c1-20(9-13-2-3-15(16)21-13)5-4-14(19)10-6-11(17)8-12(18)7-10/h2-3,6-8,14H,4-5,9,19H2,1H3. The van der Waals surface area contributed by atoms with Gasteiger partial charge in [-0.05, 0) is 43.3 Å². The van der Waals surface area contributed by atoms with Gasteiger partial charge in [-0.2, -0.15) is 0 Å². The molecule has 21 heavy (non-hydrogen) atoms. The number of benzene rings is 1. The maximum atomic E-state index is 13.2. The summed E-state index contributed by atoms with van der Waals surface area (Å²) in [6, 6.07) is 6.90. The van der Waals surface area contributed by atoms with Crippen LogP contribution in [0.5, 0.6) is 0 Å². The summed E-state index contributed by atoms with van der Waals surface area (Å²) in [6.45, 7) is 1.51. The lowest BCUT2D eigenvalue weighted by atomic mass is 10.0. The van der Waals surface area contributed by atoms with Gasteiger partial charge in [-0.1, -0.05) is 11.6 Å². The Morgan fingerprint density at radius 2 is 1.90 bits per heavy atom. The van der Waals surface area contributed by atoms with Gasteiger partial charge in [0.25, 0.3) is 0 Å². The highest BCUT2D eigenvalue weighted by atomic mass is 35.5. The maximum absolute atomic E-state index is 13.2. The van der Waals surface area contributed by atoms with Crippen molar-refractivity contribution in [3.8, 4) is 0 Å². The molecule has 0 fully saturated rings. The van der Waals surface area contributed by atoms with E-state index in [9.17, 15) is 8.78 Å². The van der Waals surface area contributed by atoms with E-state index in [-0.39, 0.29) is 6.04 Å². The second-order valence-corrected chi connectivity index (χ2v) is 6.84. The third-order valence-electron chi connectivity index (χ3n) is 3.19. The number of rotatable bonds is 6. The summed E-state index contributed by atoms with van der Waals surface area (Å²) >= 11 is 7.43. The first-order valence-corrected chi connectivity index (χ1v) is 7.78. The van der Waals surface area contributed by atoms with Gasteiger partial charge in [0.15, 0.2) is 0 Å². The van der Waals surface area contributed by atoms with E-state index in [0.717, 1.165) is 23.5 Å². The Labute approximate surface area is 132 Å². The first kappa shape index (κ1) is 16.4. The summed E-state index contributed by atoms with van der Waals surface area (Å²) in [7, 11) is 1.98. The molecule has 0 amide bonds. The van der Waals surface area contributed by atoms with Crippen molar-refractivity contribution in [2.45, 2.75) is 19.0 Å². The van der Waals surface area contributed by atoms with E-state index < -0.39 is 11.6 Å². The predicted octanol–water partition coefficient (Wildman–Crippen LogP) is 4.20. The maximum Gasteiger partial charge on any atom is 0.126 e. The number of hydrogen-bond donors (Lipinski definition) is 1. The zero-order chi connectivity index (χ0) is 15.4. The Morgan fingerprint density at radius 1 is 1.24 bits per heavy atom. The zero-order valence-corrected chi connectivity index (χ0v) is 13.2. The highest BCUT2D eigenvalue weighted by Gasteiger charge is 2.11. The lowest BCUT2D eigenvalue weighted by molar-refractivity contribution is 0.314. The Hall–Kier alpha value is -1.01. The van der Waals surface area contributed by atoms with E-state index in [0.29, 0.717) is 12.0 Å². The van der Waals surface area contributed by atoms with Gasteiger partial charge in [0.2, 0.25) is 0 Å². The molecular formula is C15H17ClF2N2S. The molecule has 0 bridgehead atoms. The van der Waals surface area contributed by atoms with E-state index in [1.807, 2.05) is 19.2 Å². The second kappa shape index (κ2) is 7.31. The molecule has 0 aliphatic rings. The van der Waals surface area contributed by atoms with Crippen LogP contribution in [0.15, 0.2) is 30.3 Å². The molecule has 2 nitrogen and oxygen atoms in total. The van der Waals surface area contributed by atoms with Crippen LogP contribution in [0.25, 0.3) is 0 Å². The first-order chi connectivity index (χ1) is 9.94. The minimum Gasteiger partial charge on any atom is -0.324 e. The van der Waals surface area contributed by atoms with Crippen molar-refractivity contribution >= 4 is 22.9 Å². The summed E-state index contributed by atoms with van der Waals surface area (Å²) < 4.78 is 27.1. The SMILES string of the molecule is CN(CCC(N)c1cc(F)cc(F)c1)Cc1ccc(Cl)s1. The average molecular weight is 331 g/mol. The number of nitrogens with zero attached hydrogens (tertiary/aromatic N) is 1. The monoisotopic (exact) mass is 330 g/mol. The van der Waals surface area contributed by atoms with Gasteiger partial charge >= 0.3 is 0 Å². The molecule has 0 aliphatic carbocycles. The lowest BCUT2D eigenvalue weighted by Gasteiger charge is -2.19. The van der Waals surface area contributed by atoms with Gasteiger partial charge in [-0.3, -0.25) is 0 Å². The molecule has 1 unspecified atom stereocenters. The van der Waals surface area contributed by atoms with Gasteiger partial charge in [-0.25, -0.2) is 8.78 Å². The number of thiophene rings is 1. The van der Waals surface area contributed by atoms with Crippen LogP contribution in [0.4, 0.5) is 8.78 Å². The van der Waals surface area contributed by atoms with Gasteiger partial charge in [0.05, 0.1) is 4.34 Å². The molecule has 2 N–H and O–H groups in total. The summed E-state index contributed by atoms with van der Waals surface area (Å²) in [6.07, 6.45) is 0.624. The fourth-order valence-electron chi connectivity index (χ4n) is 2.10. The highest BCUT2D eigenvalue weighted by molar-refractivity contribution is 7.16. The van der Waals surface area contributed by atoms with Gasteiger partial charge in [0, 0.05) is 30.1 Å². The molecule has 0 aliphatic heterocycles. The molecule has 0 spiro atoms. The lowest BCUT2D eigenvalue weighted by Crippen LogP contribution is -2.23. The molecule has 2 aromatic rings. The zero-order valence-electron chi connectivity index (χ0n) is 11.7. The number of hydrogen-bond acceptors (Lipinski definition) is 3. The van der Waals surface area contributed by atoms with Crippen LogP contribution in [0.2, 0.25) is 4.34 Å². The van der Waals surface area contributed by atoms with Crippen molar-refractivity contribution in [3.05, 3.63) is 56.7 Å². The van der Waals surface area contributed by atoms with Crippen LogP contribution < -0.4 is 5.73 Å². The van der Waals surface area contributed by atoms with Gasteiger partial charge < -0.3 is 10.6 Å². The minimum atomic E-state index is -0.595. The van der Waals surface area contributed by atoms with Crippen LogP contribution in [-0.2, 0) is 6.54 Å². The smallest absolute Gasteiger partial charge is 0.126 e. The van der Waals surface area contributed by atoms with Crippen molar-refractivity contribution in [2.75, 3.05) is 13.6 Å². The average Bonchev–Trinajstić information content (AvgIpc) is 2.80. The summed E-state index contributed by atoms with van der Waals surface area (Å²) in [5, 5.41) is 0. The van der Waals surface area contributed by atoms with Gasteiger partial charge in [0.1, 0.15) is 11.6 Å². The molecular weight excluding hydrogens is 314 g/mol. The minimum absolute atomic E-state index is 0.385. The molecule has 6 heteroatoms.